The minimum atomic E-state index is -4.83. The Kier molecular flexibility index (Phi) is 2.74. The highest BCUT2D eigenvalue weighted by molar-refractivity contribution is 5.73. The SMILES string of the molecule is NNC(=O)N=NC(F)(F)F. The number of alkyl halides is 3. The van der Waals surface area contributed by atoms with Gasteiger partial charge in [0, 0.05) is 0 Å². The van der Waals surface area contributed by atoms with Crippen molar-refractivity contribution in [2.75, 3.05) is 0 Å². The van der Waals surface area contributed by atoms with E-state index in [1.165, 1.54) is 5.43 Å². The predicted molar refractivity (Wildman–Crippen MR) is 23.6 cm³/mol. The van der Waals surface area contributed by atoms with E-state index >= 15 is 0 Å². The van der Waals surface area contributed by atoms with Crippen molar-refractivity contribution in [1.29, 1.82) is 0 Å². The minimum absolute atomic E-state index is 1.34. The molecule has 0 bridgehead atoms. The standard InChI is InChI=1S/C2H3F3N4O/c3-2(4,5)9-8-1(10)7-6/h6H2,(H,7,10). The summed E-state index contributed by atoms with van der Waals surface area (Å²) in [5.74, 6) is 4.38. The van der Waals surface area contributed by atoms with Gasteiger partial charge < -0.3 is 0 Å². The number of hydrogen-bond donors (Lipinski definition) is 2. The van der Waals surface area contributed by atoms with Crippen LogP contribution in [-0.2, 0) is 0 Å². The molecule has 0 atom stereocenters. The zero-order chi connectivity index (χ0) is 8.20. The molecule has 0 spiro atoms. The third-order valence-corrected chi connectivity index (χ3v) is 0.378. The second-order valence-corrected chi connectivity index (χ2v) is 1.12. The smallest absolute Gasteiger partial charge is 0.273 e. The number of hydrogen-bond acceptors (Lipinski definition) is 3. The molecule has 10 heavy (non-hydrogen) atoms. The summed E-state index contributed by atoms with van der Waals surface area (Å²) in [6.07, 6.45) is -4.83. The van der Waals surface area contributed by atoms with Crippen molar-refractivity contribution in [2.24, 2.45) is 16.1 Å². The molecule has 58 valence electrons. The first-order chi connectivity index (χ1) is 4.45. The lowest BCUT2D eigenvalue weighted by Gasteiger charge is -1.93. The summed E-state index contributed by atoms with van der Waals surface area (Å²) in [4.78, 5) is 9.86. The van der Waals surface area contributed by atoms with Crippen molar-refractivity contribution < 1.29 is 18.0 Å². The van der Waals surface area contributed by atoms with Crippen LogP contribution in [0.15, 0.2) is 10.2 Å². The van der Waals surface area contributed by atoms with Crippen LogP contribution in [0, 0.1) is 0 Å². The lowest BCUT2D eigenvalue weighted by atomic mass is 11.1. The van der Waals surface area contributed by atoms with Gasteiger partial charge in [0.05, 0.1) is 0 Å². The maximum atomic E-state index is 11.1. The largest absolute Gasteiger partial charge is 0.521 e. The van der Waals surface area contributed by atoms with Gasteiger partial charge in [-0.1, -0.05) is 10.2 Å². The highest BCUT2D eigenvalue weighted by Gasteiger charge is 2.27. The quantitative estimate of drug-likeness (QED) is 0.176. The Balaban J connectivity index is 3.88. The second kappa shape index (κ2) is 3.11. The monoisotopic (exact) mass is 156 g/mol. The molecule has 0 aliphatic heterocycles. The summed E-state index contributed by atoms with van der Waals surface area (Å²) in [5, 5.41) is 3.80. The lowest BCUT2D eigenvalue weighted by molar-refractivity contribution is -0.125. The van der Waals surface area contributed by atoms with Crippen LogP contribution < -0.4 is 11.3 Å². The number of nitrogens with one attached hydrogen (secondary N) is 1. The Morgan fingerprint density at radius 2 is 2.00 bits per heavy atom. The van der Waals surface area contributed by atoms with Crippen molar-refractivity contribution >= 4 is 6.03 Å². The Hall–Kier alpha value is -1.18. The van der Waals surface area contributed by atoms with Crippen LogP contribution in [-0.4, -0.2) is 12.3 Å². The molecule has 0 fully saturated rings. The number of amides is 2. The highest BCUT2D eigenvalue weighted by atomic mass is 19.4. The summed E-state index contributed by atoms with van der Waals surface area (Å²) >= 11 is 0. The number of halogens is 3. The van der Waals surface area contributed by atoms with Gasteiger partial charge in [0.1, 0.15) is 0 Å². The van der Waals surface area contributed by atoms with Crippen LogP contribution >= 0.6 is 0 Å². The molecule has 5 nitrogen and oxygen atoms in total. The van der Waals surface area contributed by atoms with Crippen LogP contribution in [0.3, 0.4) is 0 Å². The number of nitrogens with zero attached hydrogens (tertiary/aromatic N) is 2. The van der Waals surface area contributed by atoms with E-state index in [0.29, 0.717) is 0 Å². The fourth-order valence-corrected chi connectivity index (χ4v) is 0.131. The number of hydrazine groups is 1. The molecule has 2 amide bonds. The van der Waals surface area contributed by atoms with Crippen LogP contribution in [0.4, 0.5) is 18.0 Å². The van der Waals surface area contributed by atoms with E-state index in [2.05, 4.69) is 11.0 Å². The Morgan fingerprint density at radius 1 is 1.50 bits per heavy atom. The molecule has 3 N–H and O–H groups in total. The van der Waals surface area contributed by atoms with E-state index in [0.717, 1.165) is 0 Å². The fraction of sp³-hybridized carbons (Fsp3) is 0.500. The molecule has 0 saturated carbocycles. The van der Waals surface area contributed by atoms with Crippen molar-refractivity contribution in [2.45, 2.75) is 6.30 Å². The molecule has 0 heterocycles. The average Bonchev–Trinajstić information content (AvgIpc) is 1.81. The summed E-state index contributed by atoms with van der Waals surface area (Å²) in [6.45, 7) is 0. The van der Waals surface area contributed by atoms with E-state index in [-0.39, 0.29) is 0 Å². The van der Waals surface area contributed by atoms with Crippen molar-refractivity contribution in [3.63, 3.8) is 0 Å². The minimum Gasteiger partial charge on any atom is -0.273 e. The maximum absolute atomic E-state index is 11.1. The van der Waals surface area contributed by atoms with Gasteiger partial charge in [-0.15, -0.1) is 13.2 Å². The summed E-state index contributed by atoms with van der Waals surface area (Å²) < 4.78 is 33.2. The third-order valence-electron chi connectivity index (χ3n) is 0.378. The van der Waals surface area contributed by atoms with E-state index in [9.17, 15) is 18.0 Å². The van der Waals surface area contributed by atoms with Crippen LogP contribution in [0.25, 0.3) is 0 Å². The van der Waals surface area contributed by atoms with E-state index < -0.39 is 12.3 Å². The maximum Gasteiger partial charge on any atom is 0.521 e. The molecule has 0 aliphatic rings. The fourth-order valence-electron chi connectivity index (χ4n) is 0.131. The first kappa shape index (κ1) is 8.82. The van der Waals surface area contributed by atoms with Crippen LogP contribution in [0.1, 0.15) is 0 Å². The topological polar surface area (TPSA) is 79.8 Å². The zero-order valence-corrected chi connectivity index (χ0v) is 4.51. The van der Waals surface area contributed by atoms with Crippen molar-refractivity contribution in [3.8, 4) is 0 Å². The summed E-state index contributed by atoms with van der Waals surface area (Å²) in [5.41, 5.74) is 1.34. The summed E-state index contributed by atoms with van der Waals surface area (Å²) in [7, 11) is 0. The Bertz CT molecular complexity index is 151. The molecule has 8 heteroatoms. The molecular weight excluding hydrogens is 153 g/mol. The predicted octanol–water partition coefficient (Wildman–Crippen LogP) is 0.542. The summed E-state index contributed by atoms with van der Waals surface area (Å²) in [6, 6.07) is -1.35. The molecule has 0 aromatic heterocycles. The number of carbonyl (C=O) groups excluding carboxylic acids is 1. The van der Waals surface area contributed by atoms with Gasteiger partial charge in [-0.05, 0) is 0 Å². The number of azo groups is 1. The number of urea groups is 1. The van der Waals surface area contributed by atoms with Crippen LogP contribution in [0.5, 0.6) is 0 Å². The first-order valence-electron chi connectivity index (χ1n) is 1.96. The molecule has 0 aliphatic carbocycles. The van der Waals surface area contributed by atoms with E-state index in [1.54, 1.807) is 5.11 Å². The number of nitrogens with two attached hydrogens (primary N) is 1. The second-order valence-electron chi connectivity index (χ2n) is 1.12. The third kappa shape index (κ3) is 4.97. The molecule has 0 aromatic carbocycles. The lowest BCUT2D eigenvalue weighted by Crippen LogP contribution is -2.26. The van der Waals surface area contributed by atoms with Gasteiger partial charge in [0.25, 0.3) is 0 Å². The molecule has 0 radical (unpaired) electrons. The number of carbonyl (C=O) groups is 1. The van der Waals surface area contributed by atoms with Crippen LogP contribution in [0.2, 0.25) is 0 Å². The van der Waals surface area contributed by atoms with Gasteiger partial charge >= 0.3 is 12.3 Å². The van der Waals surface area contributed by atoms with Crippen molar-refractivity contribution in [3.05, 3.63) is 0 Å². The molecule has 0 unspecified atom stereocenters. The van der Waals surface area contributed by atoms with E-state index in [1.807, 2.05) is 0 Å². The van der Waals surface area contributed by atoms with Gasteiger partial charge in [0.15, 0.2) is 0 Å². The Labute approximate surface area is 53.1 Å². The van der Waals surface area contributed by atoms with Crippen molar-refractivity contribution in [1.82, 2.24) is 5.43 Å². The van der Waals surface area contributed by atoms with Gasteiger partial charge in [-0.3, -0.25) is 5.43 Å². The average molecular weight is 156 g/mol. The molecule has 0 aromatic rings. The number of rotatable bonds is 0. The Morgan fingerprint density at radius 3 is 2.30 bits per heavy atom. The normalized spacial score (nSPS) is 12.0. The van der Waals surface area contributed by atoms with E-state index in [4.69, 9.17) is 0 Å². The van der Waals surface area contributed by atoms with Gasteiger partial charge in [-0.25, -0.2) is 10.6 Å². The zero-order valence-electron chi connectivity index (χ0n) is 4.51. The molecule has 0 saturated heterocycles. The first-order valence-corrected chi connectivity index (χ1v) is 1.96. The molecule has 0 rings (SSSR count). The highest BCUT2D eigenvalue weighted by Crippen LogP contribution is 2.15. The van der Waals surface area contributed by atoms with Gasteiger partial charge in [0.2, 0.25) is 0 Å². The van der Waals surface area contributed by atoms with Gasteiger partial charge in [-0.2, -0.15) is 0 Å². The molecular formula is C2H3F3N4O.